The molecule has 0 radical (unpaired) electrons. The molecular formula is C26H35NO5S. The molecule has 0 amide bonds. The lowest BCUT2D eigenvalue weighted by Crippen LogP contribution is -2.45. The Morgan fingerprint density at radius 3 is 2.61 bits per heavy atom. The third kappa shape index (κ3) is 5.05. The molecule has 180 valence electrons. The molecule has 2 aromatic rings. The summed E-state index contributed by atoms with van der Waals surface area (Å²) >= 11 is 0. The van der Waals surface area contributed by atoms with Crippen molar-refractivity contribution in [3.05, 3.63) is 59.2 Å². The summed E-state index contributed by atoms with van der Waals surface area (Å²) in [6.07, 6.45) is 5.01. The van der Waals surface area contributed by atoms with E-state index in [2.05, 4.69) is 13.0 Å². The molecule has 2 aromatic carbocycles. The lowest BCUT2D eigenvalue weighted by atomic mass is 9.94. The van der Waals surface area contributed by atoms with Crippen LogP contribution >= 0.6 is 0 Å². The van der Waals surface area contributed by atoms with E-state index in [1.54, 1.807) is 24.3 Å². The first kappa shape index (κ1) is 24.0. The van der Waals surface area contributed by atoms with Gasteiger partial charge in [0.25, 0.3) is 10.0 Å². The van der Waals surface area contributed by atoms with Crippen molar-refractivity contribution in [3.8, 4) is 5.75 Å². The molecule has 1 saturated heterocycles. The highest BCUT2D eigenvalue weighted by molar-refractivity contribution is 7.92. The minimum atomic E-state index is -4.09. The normalized spacial score (nSPS) is 20.3. The summed E-state index contributed by atoms with van der Waals surface area (Å²) in [5.74, 6) is 0.790. The molecule has 4 rings (SSSR count). The number of hydrogen-bond donors (Lipinski definition) is 1. The van der Waals surface area contributed by atoms with E-state index in [4.69, 9.17) is 9.47 Å². The second-order valence-electron chi connectivity index (χ2n) is 9.02. The van der Waals surface area contributed by atoms with Gasteiger partial charge in [0.05, 0.1) is 12.3 Å². The number of anilines is 1. The Hall–Kier alpha value is -2.09. The van der Waals surface area contributed by atoms with Crippen LogP contribution in [0.1, 0.15) is 61.7 Å². The van der Waals surface area contributed by atoms with Crippen LogP contribution in [-0.4, -0.2) is 39.4 Å². The van der Waals surface area contributed by atoms with Gasteiger partial charge >= 0.3 is 0 Å². The topological polar surface area (TPSA) is 76.1 Å². The van der Waals surface area contributed by atoms with E-state index in [0.29, 0.717) is 30.4 Å². The van der Waals surface area contributed by atoms with Crippen molar-refractivity contribution in [2.75, 3.05) is 24.1 Å². The van der Waals surface area contributed by atoms with Crippen LogP contribution < -0.4 is 9.04 Å². The molecule has 7 heteroatoms. The average Bonchev–Trinajstić information content (AvgIpc) is 2.86. The average molecular weight is 474 g/mol. The molecule has 0 spiro atoms. The number of rotatable bonds is 8. The summed E-state index contributed by atoms with van der Waals surface area (Å²) in [7, 11) is -4.09. The maximum atomic E-state index is 13.8. The second kappa shape index (κ2) is 10.5. The van der Waals surface area contributed by atoms with E-state index in [1.165, 1.54) is 9.87 Å². The van der Waals surface area contributed by atoms with Crippen LogP contribution in [-0.2, 0) is 27.6 Å². The zero-order chi connectivity index (χ0) is 23.4. The highest BCUT2D eigenvalue weighted by atomic mass is 32.2. The van der Waals surface area contributed by atoms with Crippen molar-refractivity contribution in [2.24, 2.45) is 5.92 Å². The lowest BCUT2D eigenvalue weighted by Gasteiger charge is -2.39. The highest BCUT2D eigenvalue weighted by Gasteiger charge is 2.40. The quantitative estimate of drug-likeness (QED) is 0.606. The molecule has 33 heavy (non-hydrogen) atoms. The summed E-state index contributed by atoms with van der Waals surface area (Å²) < 4.78 is 40.6. The number of aryl methyl sites for hydroxylation is 2. The lowest BCUT2D eigenvalue weighted by molar-refractivity contribution is 0.0493. The Kier molecular flexibility index (Phi) is 7.62. The molecule has 1 fully saturated rings. The molecule has 2 atom stereocenters. The molecule has 2 aliphatic rings. The fourth-order valence-corrected chi connectivity index (χ4v) is 6.68. The maximum absolute atomic E-state index is 13.8. The number of hydrogen-bond acceptors (Lipinski definition) is 5. The molecular weight excluding hydrogens is 438 g/mol. The fourth-order valence-electron chi connectivity index (χ4n) is 4.83. The zero-order valence-electron chi connectivity index (χ0n) is 19.6. The van der Waals surface area contributed by atoms with Crippen molar-refractivity contribution < 1.29 is 23.0 Å². The van der Waals surface area contributed by atoms with Gasteiger partial charge in [-0.25, -0.2) is 8.42 Å². The van der Waals surface area contributed by atoms with E-state index in [1.807, 2.05) is 19.1 Å². The van der Waals surface area contributed by atoms with Gasteiger partial charge in [-0.2, -0.15) is 0 Å². The summed E-state index contributed by atoms with van der Waals surface area (Å²) in [4.78, 5) is 0. The number of sulfonamides is 1. The van der Waals surface area contributed by atoms with E-state index in [0.717, 1.165) is 50.9 Å². The first-order valence-electron chi connectivity index (χ1n) is 12.1. The standard InChI is InChI=1S/C26H35NO5S/c1-3-19-9-12-24-21(17-19)10-11-22(4-2)27(24)33(29,30)26(28)23-7-5-6-8-25(23)32-18-20-13-15-31-16-14-20/h5-9,12,17,20,22,26,28H,3-4,10-11,13-16,18H2,1-2H3. The van der Waals surface area contributed by atoms with Crippen LogP contribution in [0, 0.1) is 5.92 Å². The minimum Gasteiger partial charge on any atom is -0.493 e. The van der Waals surface area contributed by atoms with Gasteiger partial charge in [-0.3, -0.25) is 4.31 Å². The SMILES string of the molecule is CCc1ccc2c(c1)CCC(CC)N2S(=O)(=O)C(O)c1ccccc1OCC1CCOCC1. The van der Waals surface area contributed by atoms with Gasteiger partial charge in [-0.1, -0.05) is 44.2 Å². The minimum absolute atomic E-state index is 0.181. The van der Waals surface area contributed by atoms with Crippen LogP contribution in [0.5, 0.6) is 5.75 Å². The molecule has 1 N–H and O–H groups in total. The molecule has 0 saturated carbocycles. The predicted octanol–water partition coefficient (Wildman–Crippen LogP) is 4.61. The fraction of sp³-hybridized carbons (Fsp3) is 0.538. The third-order valence-corrected chi connectivity index (χ3v) is 8.76. The van der Waals surface area contributed by atoms with Crippen LogP contribution in [0.3, 0.4) is 0 Å². The number of aliphatic hydroxyl groups is 1. The van der Waals surface area contributed by atoms with E-state index in [9.17, 15) is 13.5 Å². The summed E-state index contributed by atoms with van der Waals surface area (Å²) in [5, 5.41) is 11.2. The number of nitrogens with zero attached hydrogens (tertiary/aromatic N) is 1. The maximum Gasteiger partial charge on any atom is 0.266 e. The first-order valence-corrected chi connectivity index (χ1v) is 13.6. The number of benzene rings is 2. The third-order valence-electron chi connectivity index (χ3n) is 6.90. The summed E-state index contributed by atoms with van der Waals surface area (Å²) in [5.41, 5.74) is 1.49. The first-order chi connectivity index (χ1) is 16.0. The van der Waals surface area contributed by atoms with E-state index < -0.39 is 15.5 Å². The van der Waals surface area contributed by atoms with Crippen LogP contribution in [0.15, 0.2) is 42.5 Å². The zero-order valence-corrected chi connectivity index (χ0v) is 20.4. The van der Waals surface area contributed by atoms with Gasteiger partial charge in [-0.05, 0) is 67.7 Å². The Morgan fingerprint density at radius 1 is 1.12 bits per heavy atom. The predicted molar refractivity (Wildman–Crippen MR) is 130 cm³/mol. The van der Waals surface area contributed by atoms with E-state index in [-0.39, 0.29) is 11.6 Å². The van der Waals surface area contributed by atoms with Crippen molar-refractivity contribution in [3.63, 3.8) is 0 Å². The number of aliphatic hydroxyl groups excluding tert-OH is 1. The van der Waals surface area contributed by atoms with Gasteiger partial charge in [0.2, 0.25) is 5.44 Å². The van der Waals surface area contributed by atoms with Gasteiger partial charge in [0.1, 0.15) is 5.75 Å². The molecule has 0 aromatic heterocycles. The van der Waals surface area contributed by atoms with Crippen LogP contribution in [0.4, 0.5) is 5.69 Å². The molecule has 0 aliphatic carbocycles. The largest absolute Gasteiger partial charge is 0.493 e. The number of para-hydroxylation sites is 1. The Labute approximate surface area is 197 Å². The number of ether oxygens (including phenoxy) is 2. The van der Waals surface area contributed by atoms with Gasteiger partial charge in [0, 0.05) is 24.8 Å². The molecule has 2 heterocycles. The molecule has 2 unspecified atom stereocenters. The van der Waals surface area contributed by atoms with Crippen molar-refractivity contribution in [1.29, 1.82) is 0 Å². The van der Waals surface area contributed by atoms with Gasteiger partial charge in [-0.15, -0.1) is 0 Å². The Balaban J connectivity index is 1.63. The van der Waals surface area contributed by atoms with Crippen LogP contribution in [0.2, 0.25) is 0 Å². The Bertz CT molecular complexity index is 1050. The monoisotopic (exact) mass is 473 g/mol. The molecule has 0 bridgehead atoms. The van der Waals surface area contributed by atoms with E-state index >= 15 is 0 Å². The Morgan fingerprint density at radius 2 is 1.88 bits per heavy atom. The second-order valence-corrected chi connectivity index (χ2v) is 10.9. The van der Waals surface area contributed by atoms with Crippen molar-refractivity contribution >= 4 is 15.7 Å². The number of fused-ring (bicyclic) bond motifs is 1. The smallest absolute Gasteiger partial charge is 0.266 e. The van der Waals surface area contributed by atoms with Crippen molar-refractivity contribution in [1.82, 2.24) is 0 Å². The van der Waals surface area contributed by atoms with Gasteiger partial charge < -0.3 is 14.6 Å². The van der Waals surface area contributed by atoms with Crippen LogP contribution in [0.25, 0.3) is 0 Å². The highest BCUT2D eigenvalue weighted by Crippen LogP contribution is 2.40. The van der Waals surface area contributed by atoms with Crippen molar-refractivity contribution in [2.45, 2.75) is 63.9 Å². The summed E-state index contributed by atoms with van der Waals surface area (Å²) in [6.45, 7) is 6.01. The molecule has 2 aliphatic heterocycles. The molecule has 6 nitrogen and oxygen atoms in total. The summed E-state index contributed by atoms with van der Waals surface area (Å²) in [6, 6.07) is 12.7. The van der Waals surface area contributed by atoms with Gasteiger partial charge in [0.15, 0.2) is 0 Å².